The van der Waals surface area contributed by atoms with Crippen LogP contribution in [0, 0.1) is 6.92 Å². The van der Waals surface area contributed by atoms with Crippen LogP contribution in [-0.2, 0) is 0 Å². The van der Waals surface area contributed by atoms with Crippen LogP contribution in [0.15, 0.2) is 45.6 Å². The second-order valence-electron chi connectivity index (χ2n) is 3.75. The molecular formula is C13H9NO2. The van der Waals surface area contributed by atoms with Crippen molar-refractivity contribution in [2.75, 3.05) is 0 Å². The molecular weight excluding hydrogens is 202 g/mol. The summed E-state index contributed by atoms with van der Waals surface area (Å²) >= 11 is 0. The number of nitrogens with zero attached hydrogens (tertiary/aromatic N) is 1. The maximum Gasteiger partial charge on any atom is 0.336 e. The lowest BCUT2D eigenvalue weighted by Gasteiger charge is -2.02. The van der Waals surface area contributed by atoms with E-state index >= 15 is 0 Å². The standard InChI is InChI=1S/C13H9NO2/c1-8-2-3-9-10-4-7-13(15)16-12(10)6-5-11(9)14-8/h2-7H,1H3. The second-order valence-corrected chi connectivity index (χ2v) is 3.75. The molecule has 0 aliphatic carbocycles. The van der Waals surface area contributed by atoms with Gasteiger partial charge in [-0.3, -0.25) is 4.98 Å². The molecule has 3 heteroatoms. The maximum atomic E-state index is 11.1. The molecule has 3 nitrogen and oxygen atoms in total. The number of hydrogen-bond donors (Lipinski definition) is 0. The largest absolute Gasteiger partial charge is 0.423 e. The van der Waals surface area contributed by atoms with E-state index in [-0.39, 0.29) is 5.63 Å². The Balaban J connectivity index is 2.54. The van der Waals surface area contributed by atoms with Crippen molar-refractivity contribution in [1.29, 1.82) is 0 Å². The lowest BCUT2D eigenvalue weighted by molar-refractivity contribution is 0.561. The summed E-state index contributed by atoms with van der Waals surface area (Å²) in [5.74, 6) is 0. The highest BCUT2D eigenvalue weighted by atomic mass is 16.4. The van der Waals surface area contributed by atoms with Crippen LogP contribution < -0.4 is 5.63 Å². The van der Waals surface area contributed by atoms with Crippen molar-refractivity contribution in [1.82, 2.24) is 4.98 Å². The molecule has 0 N–H and O–H groups in total. The lowest BCUT2D eigenvalue weighted by atomic mass is 10.1. The van der Waals surface area contributed by atoms with E-state index in [0.717, 1.165) is 22.0 Å². The van der Waals surface area contributed by atoms with E-state index < -0.39 is 0 Å². The highest BCUT2D eigenvalue weighted by Crippen LogP contribution is 2.22. The number of rotatable bonds is 0. The minimum Gasteiger partial charge on any atom is -0.423 e. The van der Waals surface area contributed by atoms with Gasteiger partial charge >= 0.3 is 5.63 Å². The zero-order valence-corrected chi connectivity index (χ0v) is 8.73. The van der Waals surface area contributed by atoms with Crippen LogP contribution in [0.3, 0.4) is 0 Å². The van der Waals surface area contributed by atoms with Gasteiger partial charge in [0, 0.05) is 22.5 Å². The molecule has 0 saturated carbocycles. The molecule has 0 fully saturated rings. The zero-order chi connectivity index (χ0) is 11.1. The predicted molar refractivity (Wildman–Crippen MR) is 62.5 cm³/mol. The first-order valence-electron chi connectivity index (χ1n) is 5.04. The van der Waals surface area contributed by atoms with E-state index in [1.807, 2.05) is 25.1 Å². The highest BCUT2D eigenvalue weighted by molar-refractivity contribution is 6.03. The quantitative estimate of drug-likeness (QED) is 0.424. The predicted octanol–water partition coefficient (Wildman–Crippen LogP) is 2.65. The maximum absolute atomic E-state index is 11.1. The van der Waals surface area contributed by atoms with Crippen molar-refractivity contribution >= 4 is 21.9 Å². The second kappa shape index (κ2) is 3.17. The van der Waals surface area contributed by atoms with Crippen LogP contribution in [0.5, 0.6) is 0 Å². The molecule has 0 unspecified atom stereocenters. The van der Waals surface area contributed by atoms with E-state index in [1.165, 1.54) is 6.07 Å². The molecule has 78 valence electrons. The van der Waals surface area contributed by atoms with Gasteiger partial charge in [0.15, 0.2) is 0 Å². The topological polar surface area (TPSA) is 43.1 Å². The Bertz CT molecular complexity index is 744. The molecule has 2 heterocycles. The molecule has 2 aromatic heterocycles. The van der Waals surface area contributed by atoms with Gasteiger partial charge in [-0.05, 0) is 31.2 Å². The molecule has 3 rings (SSSR count). The molecule has 0 saturated heterocycles. The van der Waals surface area contributed by atoms with Gasteiger partial charge in [0.1, 0.15) is 5.58 Å². The summed E-state index contributed by atoms with van der Waals surface area (Å²) in [6, 6.07) is 10.8. The van der Waals surface area contributed by atoms with E-state index in [4.69, 9.17) is 4.42 Å². The molecule has 0 atom stereocenters. The van der Waals surface area contributed by atoms with Crippen LogP contribution in [-0.4, -0.2) is 4.98 Å². The molecule has 0 spiro atoms. The van der Waals surface area contributed by atoms with Crippen LogP contribution in [0.1, 0.15) is 5.69 Å². The van der Waals surface area contributed by atoms with E-state index in [0.29, 0.717) is 5.58 Å². The number of fused-ring (bicyclic) bond motifs is 3. The summed E-state index contributed by atoms with van der Waals surface area (Å²) in [4.78, 5) is 15.5. The van der Waals surface area contributed by atoms with Gasteiger partial charge in [0.05, 0.1) is 5.52 Å². The van der Waals surface area contributed by atoms with Gasteiger partial charge in [0.25, 0.3) is 0 Å². The fourth-order valence-corrected chi connectivity index (χ4v) is 1.86. The summed E-state index contributed by atoms with van der Waals surface area (Å²) in [6.07, 6.45) is 0. The van der Waals surface area contributed by atoms with Gasteiger partial charge < -0.3 is 4.42 Å². The minimum absolute atomic E-state index is 0.327. The minimum atomic E-state index is -0.327. The summed E-state index contributed by atoms with van der Waals surface area (Å²) in [7, 11) is 0. The molecule has 3 aromatic rings. The number of pyridine rings is 1. The van der Waals surface area contributed by atoms with Crippen molar-refractivity contribution in [2.24, 2.45) is 0 Å². The number of aryl methyl sites for hydroxylation is 1. The Labute approximate surface area is 91.3 Å². The molecule has 0 aliphatic rings. The Kier molecular flexibility index (Phi) is 1.80. The average Bonchev–Trinajstić information content (AvgIpc) is 2.28. The summed E-state index contributed by atoms with van der Waals surface area (Å²) in [5, 5.41) is 1.93. The normalized spacial score (nSPS) is 11.1. The van der Waals surface area contributed by atoms with Crippen LogP contribution >= 0.6 is 0 Å². The number of aromatic nitrogens is 1. The fourth-order valence-electron chi connectivity index (χ4n) is 1.86. The van der Waals surface area contributed by atoms with Crippen molar-refractivity contribution in [3.8, 4) is 0 Å². The third-order valence-corrected chi connectivity index (χ3v) is 2.61. The molecule has 0 amide bonds. The van der Waals surface area contributed by atoms with Crippen molar-refractivity contribution < 1.29 is 4.42 Å². The van der Waals surface area contributed by atoms with E-state index in [9.17, 15) is 4.79 Å². The van der Waals surface area contributed by atoms with Gasteiger partial charge in [-0.25, -0.2) is 4.79 Å². The van der Waals surface area contributed by atoms with Gasteiger partial charge in [-0.1, -0.05) is 6.07 Å². The smallest absolute Gasteiger partial charge is 0.336 e. The monoisotopic (exact) mass is 211 g/mol. The third-order valence-electron chi connectivity index (χ3n) is 2.61. The molecule has 16 heavy (non-hydrogen) atoms. The van der Waals surface area contributed by atoms with Crippen LogP contribution in [0.25, 0.3) is 21.9 Å². The Morgan fingerprint density at radius 1 is 1.00 bits per heavy atom. The zero-order valence-electron chi connectivity index (χ0n) is 8.73. The van der Waals surface area contributed by atoms with E-state index in [2.05, 4.69) is 4.98 Å². The van der Waals surface area contributed by atoms with Gasteiger partial charge in [0.2, 0.25) is 0 Å². The Morgan fingerprint density at radius 2 is 1.81 bits per heavy atom. The number of hydrogen-bond acceptors (Lipinski definition) is 3. The van der Waals surface area contributed by atoms with Gasteiger partial charge in [-0.2, -0.15) is 0 Å². The summed E-state index contributed by atoms with van der Waals surface area (Å²) < 4.78 is 5.12. The lowest BCUT2D eigenvalue weighted by Crippen LogP contribution is -1.94. The third kappa shape index (κ3) is 1.29. The highest BCUT2D eigenvalue weighted by Gasteiger charge is 2.03. The fraction of sp³-hybridized carbons (Fsp3) is 0.0769. The van der Waals surface area contributed by atoms with Gasteiger partial charge in [-0.15, -0.1) is 0 Å². The summed E-state index contributed by atoms with van der Waals surface area (Å²) in [6.45, 7) is 1.95. The first-order chi connectivity index (χ1) is 7.74. The Morgan fingerprint density at radius 3 is 2.69 bits per heavy atom. The van der Waals surface area contributed by atoms with Crippen LogP contribution in [0.2, 0.25) is 0 Å². The van der Waals surface area contributed by atoms with Crippen molar-refractivity contribution in [3.63, 3.8) is 0 Å². The Hall–Kier alpha value is -2.16. The number of benzene rings is 1. The SMILES string of the molecule is Cc1ccc2c(ccc3oc(=O)ccc32)n1. The van der Waals surface area contributed by atoms with E-state index in [1.54, 1.807) is 12.1 Å². The molecule has 0 aliphatic heterocycles. The first kappa shape index (κ1) is 9.09. The van der Waals surface area contributed by atoms with Crippen molar-refractivity contribution in [2.45, 2.75) is 6.92 Å². The van der Waals surface area contributed by atoms with Crippen LogP contribution in [0.4, 0.5) is 0 Å². The average molecular weight is 211 g/mol. The molecule has 0 radical (unpaired) electrons. The van der Waals surface area contributed by atoms with Crippen molar-refractivity contribution in [3.05, 3.63) is 52.5 Å². The first-order valence-corrected chi connectivity index (χ1v) is 5.04. The summed E-state index contributed by atoms with van der Waals surface area (Å²) in [5.41, 5.74) is 2.17. The molecule has 1 aromatic carbocycles. The molecule has 0 bridgehead atoms.